The summed E-state index contributed by atoms with van der Waals surface area (Å²) in [7, 11) is 0. The Morgan fingerprint density at radius 2 is 1.52 bits per heavy atom. The van der Waals surface area contributed by atoms with Crippen LogP contribution in [0.3, 0.4) is 0 Å². The molecule has 0 atom stereocenters. The van der Waals surface area contributed by atoms with E-state index in [-0.39, 0.29) is 11.7 Å². The molecule has 154 valence electrons. The quantitative estimate of drug-likeness (QED) is 0.397. The number of aryl methyl sites for hydroxylation is 3. The van der Waals surface area contributed by atoms with Crippen LogP contribution in [-0.4, -0.2) is 21.9 Å². The number of fused-ring (bicyclic) bond motifs is 2. The molecule has 0 unspecified atom stereocenters. The number of carbonyl (C=O) groups excluding carboxylic acids is 1. The second-order valence-electron chi connectivity index (χ2n) is 7.51. The van der Waals surface area contributed by atoms with Crippen molar-refractivity contribution in [2.24, 2.45) is 0 Å². The average Bonchev–Trinajstić information content (AvgIpc) is 3.20. The highest BCUT2D eigenvalue weighted by molar-refractivity contribution is 7.99. The van der Waals surface area contributed by atoms with Crippen molar-refractivity contribution in [3.63, 3.8) is 0 Å². The largest absolute Gasteiger partial charge is 0.411 e. The summed E-state index contributed by atoms with van der Waals surface area (Å²) in [5.41, 5.74) is 6.29. The van der Waals surface area contributed by atoms with E-state index in [0.29, 0.717) is 11.1 Å². The lowest BCUT2D eigenvalue weighted by Crippen LogP contribution is -2.28. The summed E-state index contributed by atoms with van der Waals surface area (Å²) in [6.45, 7) is 2.03. The molecule has 1 aliphatic rings. The zero-order valence-corrected chi connectivity index (χ0v) is 17.9. The summed E-state index contributed by atoms with van der Waals surface area (Å²) in [5, 5.41) is 8.64. The Bertz CT molecular complexity index is 1190. The highest BCUT2D eigenvalue weighted by Crippen LogP contribution is 2.36. The predicted molar refractivity (Wildman–Crippen MR) is 123 cm³/mol. The molecule has 0 bridgehead atoms. The number of rotatable bonds is 4. The number of thioether (sulfide) groups is 1. The number of hydrogen-bond donors (Lipinski definition) is 0. The molecule has 0 fully saturated rings. The lowest BCUT2D eigenvalue weighted by atomic mass is 10.0. The maximum absolute atomic E-state index is 13.4. The maximum atomic E-state index is 13.4. The number of amides is 1. The highest BCUT2D eigenvalue weighted by atomic mass is 32.2. The van der Waals surface area contributed by atoms with Crippen LogP contribution < -0.4 is 4.90 Å². The van der Waals surface area contributed by atoms with Crippen molar-refractivity contribution in [3.05, 3.63) is 89.5 Å². The van der Waals surface area contributed by atoms with E-state index in [9.17, 15) is 4.79 Å². The average molecular weight is 428 g/mol. The maximum Gasteiger partial charge on any atom is 0.277 e. The van der Waals surface area contributed by atoms with Crippen LogP contribution in [0.4, 0.5) is 11.4 Å². The summed E-state index contributed by atoms with van der Waals surface area (Å²) in [6.07, 6.45) is 1.82. The second-order valence-corrected chi connectivity index (χ2v) is 8.44. The van der Waals surface area contributed by atoms with Gasteiger partial charge in [0.05, 0.1) is 17.1 Å². The predicted octanol–water partition coefficient (Wildman–Crippen LogP) is 5.60. The topological polar surface area (TPSA) is 59.2 Å². The van der Waals surface area contributed by atoms with Gasteiger partial charge in [-0.05, 0) is 55.2 Å². The number of hydrogen-bond acceptors (Lipinski definition) is 5. The van der Waals surface area contributed by atoms with Gasteiger partial charge in [0.25, 0.3) is 5.22 Å². The first-order valence-electron chi connectivity index (χ1n) is 10.2. The second kappa shape index (κ2) is 8.40. The van der Waals surface area contributed by atoms with E-state index in [1.165, 1.54) is 28.5 Å². The standard InChI is InChI=1S/C25H21N3O2S/c1-17-10-12-20(13-11-17)24-26-27-25(30-24)31-16-23(29)28-21-8-4-2-6-18(21)14-15-19-7-3-5-9-22(19)28/h2-13H,14-16H2,1H3. The third-order valence-corrected chi connectivity index (χ3v) is 6.21. The molecule has 0 radical (unpaired) electrons. The van der Waals surface area contributed by atoms with Crippen molar-refractivity contribution in [3.8, 4) is 11.5 Å². The minimum Gasteiger partial charge on any atom is -0.411 e. The number of carbonyl (C=O) groups is 1. The van der Waals surface area contributed by atoms with Crippen LogP contribution in [0.1, 0.15) is 16.7 Å². The van der Waals surface area contributed by atoms with Gasteiger partial charge in [-0.2, -0.15) is 0 Å². The van der Waals surface area contributed by atoms with Gasteiger partial charge >= 0.3 is 0 Å². The Kier molecular flexibility index (Phi) is 5.30. The third kappa shape index (κ3) is 3.99. The molecule has 1 amide bonds. The molecule has 0 N–H and O–H groups in total. The molecule has 4 aromatic rings. The molecule has 3 aromatic carbocycles. The van der Waals surface area contributed by atoms with E-state index < -0.39 is 0 Å². The molecule has 0 spiro atoms. The zero-order chi connectivity index (χ0) is 21.2. The van der Waals surface area contributed by atoms with Gasteiger partial charge in [0.15, 0.2) is 0 Å². The summed E-state index contributed by atoms with van der Waals surface area (Å²) >= 11 is 1.27. The molecule has 0 aliphatic carbocycles. The van der Waals surface area contributed by atoms with Crippen molar-refractivity contribution in [1.82, 2.24) is 10.2 Å². The van der Waals surface area contributed by atoms with E-state index in [2.05, 4.69) is 22.3 Å². The molecule has 0 saturated carbocycles. The molecule has 1 aromatic heterocycles. The fraction of sp³-hybridized carbons (Fsp3) is 0.160. The van der Waals surface area contributed by atoms with Crippen LogP contribution in [-0.2, 0) is 17.6 Å². The summed E-state index contributed by atoms with van der Waals surface area (Å²) in [4.78, 5) is 15.2. The van der Waals surface area contributed by atoms with Gasteiger partial charge in [0.2, 0.25) is 11.8 Å². The molecule has 0 saturated heterocycles. The van der Waals surface area contributed by atoms with Crippen LogP contribution in [0.2, 0.25) is 0 Å². The highest BCUT2D eigenvalue weighted by Gasteiger charge is 2.26. The van der Waals surface area contributed by atoms with Gasteiger partial charge in [-0.1, -0.05) is 65.9 Å². The first-order valence-corrected chi connectivity index (χ1v) is 11.2. The Morgan fingerprint density at radius 3 is 2.16 bits per heavy atom. The van der Waals surface area contributed by atoms with Gasteiger partial charge in [0, 0.05) is 5.56 Å². The smallest absolute Gasteiger partial charge is 0.277 e. The van der Waals surface area contributed by atoms with Crippen molar-refractivity contribution in [1.29, 1.82) is 0 Å². The molecule has 31 heavy (non-hydrogen) atoms. The van der Waals surface area contributed by atoms with E-state index >= 15 is 0 Å². The molecule has 5 rings (SSSR count). The summed E-state index contributed by atoms with van der Waals surface area (Å²) < 4.78 is 5.78. The van der Waals surface area contributed by atoms with Crippen LogP contribution in [0.15, 0.2) is 82.4 Å². The first kappa shape index (κ1) is 19.6. The fourth-order valence-electron chi connectivity index (χ4n) is 3.82. The first-order chi connectivity index (χ1) is 15.2. The van der Waals surface area contributed by atoms with Crippen molar-refractivity contribution < 1.29 is 9.21 Å². The molecule has 6 heteroatoms. The number of benzene rings is 3. The summed E-state index contributed by atoms with van der Waals surface area (Å²) in [6, 6.07) is 24.1. The molecule has 2 heterocycles. The number of para-hydroxylation sites is 2. The SMILES string of the molecule is Cc1ccc(-c2nnc(SCC(=O)N3c4ccccc4CCc4ccccc43)o2)cc1. The van der Waals surface area contributed by atoms with Gasteiger partial charge < -0.3 is 4.42 Å². The van der Waals surface area contributed by atoms with E-state index in [1.807, 2.05) is 72.5 Å². The Morgan fingerprint density at radius 1 is 0.903 bits per heavy atom. The number of anilines is 2. The minimum absolute atomic E-state index is 0.0121. The Labute approximate surface area is 185 Å². The van der Waals surface area contributed by atoms with Crippen molar-refractivity contribution in [2.45, 2.75) is 25.0 Å². The normalized spacial score (nSPS) is 12.7. The van der Waals surface area contributed by atoms with E-state index in [4.69, 9.17) is 4.42 Å². The molecule has 5 nitrogen and oxygen atoms in total. The van der Waals surface area contributed by atoms with E-state index in [1.54, 1.807) is 0 Å². The lowest BCUT2D eigenvalue weighted by Gasteiger charge is -2.24. The third-order valence-electron chi connectivity index (χ3n) is 5.40. The van der Waals surface area contributed by atoms with E-state index in [0.717, 1.165) is 29.8 Å². The monoisotopic (exact) mass is 427 g/mol. The zero-order valence-electron chi connectivity index (χ0n) is 17.1. The van der Waals surface area contributed by atoms with Gasteiger partial charge in [-0.15, -0.1) is 10.2 Å². The Balaban J connectivity index is 1.38. The minimum atomic E-state index is -0.0121. The fourth-order valence-corrected chi connectivity index (χ4v) is 4.43. The van der Waals surface area contributed by atoms with Crippen molar-refractivity contribution >= 4 is 29.0 Å². The van der Waals surface area contributed by atoms with Gasteiger partial charge in [-0.3, -0.25) is 9.69 Å². The van der Waals surface area contributed by atoms with Crippen molar-refractivity contribution in [2.75, 3.05) is 10.7 Å². The lowest BCUT2D eigenvalue weighted by molar-refractivity contribution is -0.115. The van der Waals surface area contributed by atoms with Crippen LogP contribution in [0.5, 0.6) is 0 Å². The molecular formula is C25H21N3O2S. The summed E-state index contributed by atoms with van der Waals surface area (Å²) in [5.74, 6) is 0.653. The Hall–Kier alpha value is -3.38. The van der Waals surface area contributed by atoms with Crippen LogP contribution in [0, 0.1) is 6.92 Å². The number of nitrogens with zero attached hydrogens (tertiary/aromatic N) is 3. The van der Waals surface area contributed by atoms with Gasteiger partial charge in [0.1, 0.15) is 0 Å². The molecule has 1 aliphatic heterocycles. The number of aromatic nitrogens is 2. The van der Waals surface area contributed by atoms with Gasteiger partial charge in [-0.25, -0.2) is 0 Å². The molecular weight excluding hydrogens is 406 g/mol. The van der Waals surface area contributed by atoms with Crippen LogP contribution in [0.25, 0.3) is 11.5 Å². The van der Waals surface area contributed by atoms with Crippen LogP contribution >= 0.6 is 11.8 Å².